The molecule has 108 valence electrons. The van der Waals surface area contributed by atoms with Gasteiger partial charge in [-0.2, -0.15) is 0 Å². The molecule has 21 heavy (non-hydrogen) atoms. The number of nitrogens with two attached hydrogens (primary N) is 1. The highest BCUT2D eigenvalue weighted by Gasteiger charge is 2.17. The number of rotatable bonds is 4. The summed E-state index contributed by atoms with van der Waals surface area (Å²) in [5, 5.41) is 6.04. The molecule has 1 atom stereocenters. The fourth-order valence-electron chi connectivity index (χ4n) is 2.30. The summed E-state index contributed by atoms with van der Waals surface area (Å²) in [5.74, 6) is -0.0854. The molecule has 0 saturated heterocycles. The van der Waals surface area contributed by atoms with Gasteiger partial charge >= 0.3 is 0 Å². The minimum absolute atomic E-state index is 0.0840. The standard InChI is InChI=1S/C16H16N2OS2/c1-10(9-11-5-4-8-20-11)18-16(19)15-14(17)12-6-2-3-7-13(12)21-15/h2-8,10H,9,17H2,1H3,(H,18,19). The molecule has 0 bridgehead atoms. The molecular formula is C16H16N2OS2. The van der Waals surface area contributed by atoms with Crippen LogP contribution in [0, 0.1) is 0 Å². The second kappa shape index (κ2) is 5.87. The van der Waals surface area contributed by atoms with Crippen LogP contribution in [0.1, 0.15) is 21.5 Å². The molecule has 3 rings (SSSR count). The van der Waals surface area contributed by atoms with E-state index in [4.69, 9.17) is 5.73 Å². The van der Waals surface area contributed by atoms with E-state index in [0.29, 0.717) is 10.6 Å². The Hall–Kier alpha value is -1.85. The van der Waals surface area contributed by atoms with Crippen LogP contribution < -0.4 is 11.1 Å². The number of nitrogen functional groups attached to an aromatic ring is 1. The van der Waals surface area contributed by atoms with E-state index in [9.17, 15) is 4.79 Å². The van der Waals surface area contributed by atoms with E-state index in [2.05, 4.69) is 11.4 Å². The zero-order chi connectivity index (χ0) is 14.8. The van der Waals surface area contributed by atoms with Crippen LogP contribution in [0.5, 0.6) is 0 Å². The van der Waals surface area contributed by atoms with E-state index in [1.807, 2.05) is 42.6 Å². The number of benzene rings is 1. The Balaban J connectivity index is 1.76. The number of thiophene rings is 2. The summed E-state index contributed by atoms with van der Waals surface area (Å²) in [7, 11) is 0. The molecule has 1 unspecified atom stereocenters. The van der Waals surface area contributed by atoms with Crippen molar-refractivity contribution in [3.63, 3.8) is 0 Å². The Morgan fingerprint density at radius 1 is 1.29 bits per heavy atom. The van der Waals surface area contributed by atoms with Gasteiger partial charge in [0.2, 0.25) is 0 Å². The summed E-state index contributed by atoms with van der Waals surface area (Å²) >= 11 is 3.16. The fraction of sp³-hybridized carbons (Fsp3) is 0.188. The van der Waals surface area contributed by atoms with Crippen LogP contribution in [0.2, 0.25) is 0 Å². The molecule has 0 aliphatic heterocycles. The maximum atomic E-state index is 12.4. The maximum absolute atomic E-state index is 12.4. The topological polar surface area (TPSA) is 55.1 Å². The molecule has 0 fully saturated rings. The van der Waals surface area contributed by atoms with Crippen LogP contribution in [-0.4, -0.2) is 11.9 Å². The molecule has 3 nitrogen and oxygen atoms in total. The van der Waals surface area contributed by atoms with Crippen LogP contribution in [0.25, 0.3) is 10.1 Å². The van der Waals surface area contributed by atoms with Crippen molar-refractivity contribution in [2.75, 3.05) is 5.73 Å². The number of amides is 1. The van der Waals surface area contributed by atoms with Gasteiger partial charge in [0, 0.05) is 27.4 Å². The minimum Gasteiger partial charge on any atom is -0.397 e. The SMILES string of the molecule is CC(Cc1cccs1)NC(=O)c1sc2ccccc2c1N. The lowest BCUT2D eigenvalue weighted by Gasteiger charge is -2.12. The lowest BCUT2D eigenvalue weighted by molar-refractivity contribution is 0.0945. The van der Waals surface area contributed by atoms with Gasteiger partial charge < -0.3 is 11.1 Å². The molecule has 2 heterocycles. The number of carbonyl (C=O) groups excluding carboxylic acids is 1. The summed E-state index contributed by atoms with van der Waals surface area (Å²) in [6.45, 7) is 2.02. The van der Waals surface area contributed by atoms with E-state index >= 15 is 0 Å². The number of hydrogen-bond donors (Lipinski definition) is 2. The van der Waals surface area contributed by atoms with Crippen LogP contribution in [-0.2, 0) is 6.42 Å². The molecule has 3 N–H and O–H groups in total. The zero-order valence-electron chi connectivity index (χ0n) is 11.6. The first kappa shape index (κ1) is 14.1. The van der Waals surface area contributed by atoms with Crippen LogP contribution >= 0.6 is 22.7 Å². The van der Waals surface area contributed by atoms with Gasteiger partial charge in [-0.15, -0.1) is 22.7 Å². The van der Waals surface area contributed by atoms with Crippen molar-refractivity contribution in [3.8, 4) is 0 Å². The van der Waals surface area contributed by atoms with Gasteiger partial charge in [-0.3, -0.25) is 4.79 Å². The molecule has 0 aliphatic rings. The Morgan fingerprint density at radius 3 is 2.81 bits per heavy atom. The fourth-order valence-corrected chi connectivity index (χ4v) is 4.17. The lowest BCUT2D eigenvalue weighted by atomic mass is 10.2. The molecule has 1 amide bonds. The largest absolute Gasteiger partial charge is 0.397 e. The molecule has 0 aliphatic carbocycles. The van der Waals surface area contributed by atoms with Gasteiger partial charge in [-0.1, -0.05) is 24.3 Å². The van der Waals surface area contributed by atoms with Crippen LogP contribution in [0.15, 0.2) is 41.8 Å². The second-order valence-corrected chi connectivity index (χ2v) is 7.08. The summed E-state index contributed by atoms with van der Waals surface area (Å²) < 4.78 is 1.05. The third-order valence-electron chi connectivity index (χ3n) is 3.31. The highest BCUT2D eigenvalue weighted by atomic mass is 32.1. The maximum Gasteiger partial charge on any atom is 0.263 e. The average molecular weight is 316 g/mol. The highest BCUT2D eigenvalue weighted by Crippen LogP contribution is 2.33. The molecule has 5 heteroatoms. The smallest absolute Gasteiger partial charge is 0.263 e. The Labute approximate surface area is 131 Å². The number of nitrogens with one attached hydrogen (secondary N) is 1. The first-order valence-electron chi connectivity index (χ1n) is 6.75. The van der Waals surface area contributed by atoms with Crippen molar-refractivity contribution in [3.05, 3.63) is 51.5 Å². The first-order valence-corrected chi connectivity index (χ1v) is 8.45. The molecule has 0 saturated carbocycles. The average Bonchev–Trinajstić information content (AvgIpc) is 3.07. The minimum atomic E-state index is -0.0854. The number of hydrogen-bond acceptors (Lipinski definition) is 4. The highest BCUT2D eigenvalue weighted by molar-refractivity contribution is 7.21. The summed E-state index contributed by atoms with van der Waals surface area (Å²) in [6, 6.07) is 12.0. The molecule has 0 spiro atoms. The van der Waals surface area contributed by atoms with Gasteiger partial charge in [0.05, 0.1) is 5.69 Å². The van der Waals surface area contributed by atoms with Crippen molar-refractivity contribution in [1.29, 1.82) is 0 Å². The van der Waals surface area contributed by atoms with Crippen LogP contribution in [0.4, 0.5) is 5.69 Å². The van der Waals surface area contributed by atoms with Crippen molar-refractivity contribution < 1.29 is 4.79 Å². The Kier molecular flexibility index (Phi) is 3.94. The predicted molar refractivity (Wildman–Crippen MR) is 91.2 cm³/mol. The monoisotopic (exact) mass is 316 g/mol. The van der Waals surface area contributed by atoms with Gasteiger partial charge in [0.15, 0.2) is 0 Å². The quantitative estimate of drug-likeness (QED) is 0.767. The number of fused-ring (bicyclic) bond motifs is 1. The van der Waals surface area contributed by atoms with E-state index in [0.717, 1.165) is 16.5 Å². The molecular weight excluding hydrogens is 300 g/mol. The third-order valence-corrected chi connectivity index (χ3v) is 5.39. The van der Waals surface area contributed by atoms with E-state index in [-0.39, 0.29) is 11.9 Å². The molecule has 1 aromatic carbocycles. The van der Waals surface area contributed by atoms with Gasteiger partial charge in [-0.25, -0.2) is 0 Å². The van der Waals surface area contributed by atoms with Crippen molar-refractivity contribution >= 4 is 44.4 Å². The Morgan fingerprint density at radius 2 is 2.10 bits per heavy atom. The van der Waals surface area contributed by atoms with Crippen LogP contribution in [0.3, 0.4) is 0 Å². The zero-order valence-corrected chi connectivity index (χ0v) is 13.3. The second-order valence-electron chi connectivity index (χ2n) is 5.00. The predicted octanol–water partition coefficient (Wildman–Crippen LogP) is 3.91. The molecule has 0 radical (unpaired) electrons. The van der Waals surface area contributed by atoms with Crippen molar-refractivity contribution in [2.24, 2.45) is 0 Å². The first-order chi connectivity index (χ1) is 10.1. The van der Waals surface area contributed by atoms with E-state index in [1.165, 1.54) is 16.2 Å². The lowest BCUT2D eigenvalue weighted by Crippen LogP contribution is -2.33. The summed E-state index contributed by atoms with van der Waals surface area (Å²) in [6.07, 6.45) is 0.841. The Bertz CT molecular complexity index is 762. The van der Waals surface area contributed by atoms with Crippen molar-refractivity contribution in [1.82, 2.24) is 5.32 Å². The number of carbonyl (C=O) groups is 1. The van der Waals surface area contributed by atoms with Gasteiger partial charge in [-0.05, 0) is 24.4 Å². The van der Waals surface area contributed by atoms with E-state index < -0.39 is 0 Å². The van der Waals surface area contributed by atoms with Gasteiger partial charge in [0.25, 0.3) is 5.91 Å². The van der Waals surface area contributed by atoms with Crippen molar-refractivity contribution in [2.45, 2.75) is 19.4 Å². The van der Waals surface area contributed by atoms with Gasteiger partial charge in [0.1, 0.15) is 4.88 Å². The number of anilines is 1. The summed E-state index contributed by atoms with van der Waals surface area (Å²) in [5.41, 5.74) is 6.68. The third kappa shape index (κ3) is 2.94. The van der Waals surface area contributed by atoms with E-state index in [1.54, 1.807) is 11.3 Å². The molecule has 3 aromatic rings. The molecule has 2 aromatic heterocycles. The summed E-state index contributed by atoms with van der Waals surface area (Å²) in [4.78, 5) is 14.3. The normalized spacial score (nSPS) is 12.4.